The topological polar surface area (TPSA) is 64.3 Å². The number of aliphatic hydroxyl groups excluding tert-OH is 1. The summed E-state index contributed by atoms with van der Waals surface area (Å²) in [5.41, 5.74) is 2.32. The van der Waals surface area contributed by atoms with Gasteiger partial charge in [0.2, 0.25) is 0 Å². The molecule has 0 amide bonds. The maximum atomic E-state index is 12.7. The lowest BCUT2D eigenvalue weighted by atomic mass is 9.92. The lowest BCUT2D eigenvalue weighted by molar-refractivity contribution is -0.152. The Labute approximate surface area is 186 Å². The monoisotopic (exact) mass is 446 g/mol. The molecule has 7 heteroatoms. The molecule has 0 spiro atoms. The van der Waals surface area contributed by atoms with Crippen molar-refractivity contribution in [3.63, 3.8) is 0 Å². The highest BCUT2D eigenvalue weighted by Crippen LogP contribution is 2.29. The first kappa shape index (κ1) is 22.3. The number of aliphatic hydroxyl groups is 1. The van der Waals surface area contributed by atoms with Crippen molar-refractivity contribution >= 4 is 29.2 Å². The molecule has 2 aromatic carbocycles. The zero-order chi connectivity index (χ0) is 21.7. The molecule has 0 fully saturated rings. The number of benzene rings is 2. The first-order chi connectivity index (χ1) is 14.4. The van der Waals surface area contributed by atoms with Crippen LogP contribution < -0.4 is 0 Å². The van der Waals surface area contributed by atoms with Crippen molar-refractivity contribution < 1.29 is 14.6 Å². The van der Waals surface area contributed by atoms with E-state index in [4.69, 9.17) is 27.9 Å². The van der Waals surface area contributed by atoms with Crippen molar-refractivity contribution in [3.05, 3.63) is 87.4 Å². The van der Waals surface area contributed by atoms with Crippen LogP contribution in [0, 0.1) is 12.8 Å². The fraction of sp³-hybridized carbons (Fsp3) is 0.304. The number of ether oxygens (including phenoxy) is 1. The molecule has 30 heavy (non-hydrogen) atoms. The van der Waals surface area contributed by atoms with E-state index in [9.17, 15) is 9.90 Å². The number of imidazole rings is 1. The number of nitrogens with zero attached hydrogens (tertiary/aromatic N) is 2. The molecule has 0 aliphatic rings. The largest absolute Gasteiger partial charge is 0.466 e. The van der Waals surface area contributed by atoms with E-state index in [1.165, 1.54) is 0 Å². The van der Waals surface area contributed by atoms with Gasteiger partial charge in [-0.2, -0.15) is 0 Å². The minimum atomic E-state index is -1.09. The maximum Gasteiger partial charge on any atom is 0.312 e. The molecule has 3 rings (SSSR count). The van der Waals surface area contributed by atoms with Gasteiger partial charge in [0.05, 0.1) is 31.0 Å². The Bertz CT molecular complexity index is 1000. The first-order valence-electron chi connectivity index (χ1n) is 9.75. The molecule has 0 aliphatic heterocycles. The number of hydrogen-bond donors (Lipinski definition) is 1. The normalized spacial score (nSPS) is 13.1. The predicted octanol–water partition coefficient (Wildman–Crippen LogP) is 5.00. The highest BCUT2D eigenvalue weighted by atomic mass is 35.5. The molecule has 158 valence electrons. The minimum absolute atomic E-state index is 0.246. The van der Waals surface area contributed by atoms with Gasteiger partial charge in [-0.3, -0.25) is 4.79 Å². The van der Waals surface area contributed by atoms with Gasteiger partial charge in [-0.1, -0.05) is 59.6 Å². The summed E-state index contributed by atoms with van der Waals surface area (Å²) in [7, 11) is 0. The number of carbonyl (C=O) groups excluding carboxylic acids is 1. The number of hydrogen-bond acceptors (Lipinski definition) is 4. The summed E-state index contributed by atoms with van der Waals surface area (Å²) >= 11 is 12.3. The standard InChI is InChI=1S/C23H24Cl2N2O3/c1-3-30-23(29)19(11-16-7-5-4-6-8-16)22(28)21-13-26-15(2)27(21)14-17-9-10-18(24)12-20(17)25/h4-10,12-13,19,22,28H,3,11,14H2,1-2H3. The molecule has 1 aromatic heterocycles. The Morgan fingerprint density at radius 2 is 1.93 bits per heavy atom. The van der Waals surface area contributed by atoms with E-state index in [1.54, 1.807) is 25.3 Å². The molecule has 1 N–H and O–H groups in total. The number of esters is 1. The zero-order valence-corrected chi connectivity index (χ0v) is 18.4. The van der Waals surface area contributed by atoms with Gasteiger partial charge in [0.25, 0.3) is 0 Å². The molecule has 5 nitrogen and oxygen atoms in total. The van der Waals surface area contributed by atoms with Crippen LogP contribution in [0.1, 0.15) is 35.7 Å². The predicted molar refractivity (Wildman–Crippen MR) is 118 cm³/mol. The van der Waals surface area contributed by atoms with Crippen LogP contribution in [0.5, 0.6) is 0 Å². The zero-order valence-electron chi connectivity index (χ0n) is 16.9. The van der Waals surface area contributed by atoms with Crippen molar-refractivity contribution in [3.8, 4) is 0 Å². The molecule has 2 unspecified atom stereocenters. The summed E-state index contributed by atoms with van der Waals surface area (Å²) in [5, 5.41) is 12.3. The van der Waals surface area contributed by atoms with E-state index in [0.717, 1.165) is 11.1 Å². The summed E-state index contributed by atoms with van der Waals surface area (Å²) in [4.78, 5) is 17.0. The van der Waals surface area contributed by atoms with Gasteiger partial charge in [0.1, 0.15) is 11.9 Å². The van der Waals surface area contributed by atoms with Crippen LogP contribution >= 0.6 is 23.2 Å². The Balaban J connectivity index is 1.92. The number of halogens is 2. The Morgan fingerprint density at radius 3 is 2.60 bits per heavy atom. The van der Waals surface area contributed by atoms with E-state index in [-0.39, 0.29) is 6.61 Å². The van der Waals surface area contributed by atoms with Crippen molar-refractivity contribution in [2.75, 3.05) is 6.61 Å². The van der Waals surface area contributed by atoms with Crippen LogP contribution in [0.3, 0.4) is 0 Å². The van der Waals surface area contributed by atoms with Crippen LogP contribution in [-0.4, -0.2) is 27.2 Å². The number of aryl methyl sites for hydroxylation is 1. The molecule has 0 saturated carbocycles. The van der Waals surface area contributed by atoms with Gasteiger partial charge in [-0.05, 0) is 43.5 Å². The minimum Gasteiger partial charge on any atom is -0.466 e. The van der Waals surface area contributed by atoms with E-state index in [2.05, 4.69) is 4.98 Å². The van der Waals surface area contributed by atoms with Crippen LogP contribution in [-0.2, 0) is 22.5 Å². The molecule has 0 bridgehead atoms. The molecular weight excluding hydrogens is 423 g/mol. The molecule has 3 aromatic rings. The van der Waals surface area contributed by atoms with Crippen LogP contribution in [0.4, 0.5) is 0 Å². The number of rotatable bonds is 8. The average molecular weight is 447 g/mol. The number of carbonyl (C=O) groups is 1. The molecular formula is C23H24Cl2N2O3. The quantitative estimate of drug-likeness (QED) is 0.494. The third-order valence-corrected chi connectivity index (χ3v) is 5.59. The fourth-order valence-electron chi connectivity index (χ4n) is 3.40. The van der Waals surface area contributed by atoms with E-state index < -0.39 is 18.0 Å². The second kappa shape index (κ2) is 10.1. The molecule has 1 heterocycles. The molecule has 0 saturated heterocycles. The van der Waals surface area contributed by atoms with Crippen molar-refractivity contribution in [2.45, 2.75) is 32.9 Å². The van der Waals surface area contributed by atoms with Crippen LogP contribution in [0.25, 0.3) is 0 Å². The van der Waals surface area contributed by atoms with Gasteiger partial charge < -0.3 is 14.4 Å². The highest BCUT2D eigenvalue weighted by Gasteiger charge is 2.32. The Kier molecular flexibility index (Phi) is 7.53. The lowest BCUT2D eigenvalue weighted by Gasteiger charge is -2.23. The van der Waals surface area contributed by atoms with Crippen molar-refractivity contribution in [2.24, 2.45) is 5.92 Å². The van der Waals surface area contributed by atoms with Crippen molar-refractivity contribution in [1.82, 2.24) is 9.55 Å². The van der Waals surface area contributed by atoms with Gasteiger partial charge in [0, 0.05) is 10.0 Å². The average Bonchev–Trinajstić information content (AvgIpc) is 3.09. The fourth-order valence-corrected chi connectivity index (χ4v) is 3.86. The summed E-state index contributed by atoms with van der Waals surface area (Å²) in [6, 6.07) is 14.9. The van der Waals surface area contributed by atoms with Gasteiger partial charge in [-0.15, -0.1) is 0 Å². The third kappa shape index (κ3) is 5.22. The second-order valence-corrected chi connectivity index (χ2v) is 7.89. The Morgan fingerprint density at radius 1 is 1.20 bits per heavy atom. The third-order valence-electron chi connectivity index (χ3n) is 5.00. The molecule has 2 atom stereocenters. The van der Waals surface area contributed by atoms with Gasteiger partial charge in [-0.25, -0.2) is 4.98 Å². The summed E-state index contributed by atoms with van der Waals surface area (Å²) in [6.45, 7) is 4.24. The smallest absolute Gasteiger partial charge is 0.312 e. The lowest BCUT2D eigenvalue weighted by Crippen LogP contribution is -2.28. The SMILES string of the molecule is CCOC(=O)C(Cc1ccccc1)C(O)c1cnc(C)n1Cc1ccc(Cl)cc1Cl. The molecule has 0 aliphatic carbocycles. The summed E-state index contributed by atoms with van der Waals surface area (Å²) in [5.74, 6) is -0.496. The Hall–Kier alpha value is -2.34. The maximum absolute atomic E-state index is 12.7. The van der Waals surface area contributed by atoms with Gasteiger partial charge >= 0.3 is 5.97 Å². The van der Waals surface area contributed by atoms with Gasteiger partial charge in [0.15, 0.2) is 0 Å². The van der Waals surface area contributed by atoms with E-state index >= 15 is 0 Å². The first-order valence-corrected chi connectivity index (χ1v) is 10.5. The van der Waals surface area contributed by atoms with Crippen LogP contribution in [0.2, 0.25) is 10.0 Å². The second-order valence-electron chi connectivity index (χ2n) is 7.05. The van der Waals surface area contributed by atoms with Crippen molar-refractivity contribution in [1.29, 1.82) is 0 Å². The summed E-state index contributed by atoms with van der Waals surface area (Å²) in [6.07, 6.45) is 0.866. The number of aromatic nitrogens is 2. The van der Waals surface area contributed by atoms with Crippen LogP contribution in [0.15, 0.2) is 54.7 Å². The van der Waals surface area contributed by atoms with E-state index in [0.29, 0.717) is 34.5 Å². The summed E-state index contributed by atoms with van der Waals surface area (Å²) < 4.78 is 7.11. The highest BCUT2D eigenvalue weighted by molar-refractivity contribution is 6.35. The molecule has 0 radical (unpaired) electrons. The van der Waals surface area contributed by atoms with E-state index in [1.807, 2.05) is 47.9 Å².